The van der Waals surface area contributed by atoms with E-state index in [1.54, 1.807) is 0 Å². The maximum Gasteiger partial charge on any atom is 0.329 e. The van der Waals surface area contributed by atoms with Gasteiger partial charge in [-0.15, -0.1) is 0 Å². The molecule has 1 aliphatic heterocycles. The van der Waals surface area contributed by atoms with E-state index < -0.39 is 23.2 Å². The van der Waals surface area contributed by atoms with Gasteiger partial charge in [0.1, 0.15) is 17.1 Å². The van der Waals surface area contributed by atoms with E-state index in [4.69, 9.17) is 4.74 Å². The van der Waals surface area contributed by atoms with E-state index in [-0.39, 0.29) is 5.56 Å². The third kappa shape index (κ3) is 2.21. The Morgan fingerprint density at radius 3 is 2.70 bits per heavy atom. The van der Waals surface area contributed by atoms with Gasteiger partial charge in [0.15, 0.2) is 0 Å². The van der Waals surface area contributed by atoms with Gasteiger partial charge in [0.2, 0.25) is 0 Å². The number of likely N-dealkylation sites (tertiary alicyclic amines) is 1. The molecule has 0 aromatic heterocycles. The fraction of sp³-hybridized carbons (Fsp3) is 0.429. The molecule has 0 spiro atoms. The normalized spacial score (nSPS) is 21.9. The standard InChI is InChI=1S/C14H16FNO4/c1-14(13(18)19)6-3-7-16(14)12(17)10-5-4-9(20-2)8-11(10)15/h4-5,8H,3,6-7H2,1-2H3,(H,18,19). The first-order valence-corrected chi connectivity index (χ1v) is 6.29. The zero-order valence-corrected chi connectivity index (χ0v) is 11.4. The monoisotopic (exact) mass is 281 g/mol. The Morgan fingerprint density at radius 2 is 2.15 bits per heavy atom. The van der Waals surface area contributed by atoms with Crippen LogP contribution < -0.4 is 4.74 Å². The molecule has 6 heteroatoms. The van der Waals surface area contributed by atoms with Gasteiger partial charge in [0, 0.05) is 12.6 Å². The molecule has 0 saturated carbocycles. The molecule has 1 fully saturated rings. The summed E-state index contributed by atoms with van der Waals surface area (Å²) in [5.74, 6) is -2.08. The second-order valence-corrected chi connectivity index (χ2v) is 4.99. The highest BCUT2D eigenvalue weighted by Crippen LogP contribution is 2.31. The zero-order valence-electron chi connectivity index (χ0n) is 11.4. The summed E-state index contributed by atoms with van der Waals surface area (Å²) in [6.45, 7) is 1.80. The number of carbonyl (C=O) groups is 2. The fourth-order valence-corrected chi connectivity index (χ4v) is 2.45. The van der Waals surface area contributed by atoms with Crippen molar-refractivity contribution in [2.24, 2.45) is 0 Å². The number of methoxy groups -OCH3 is 1. The molecule has 1 aromatic rings. The zero-order chi connectivity index (χ0) is 14.9. The molecular formula is C14H16FNO4. The van der Waals surface area contributed by atoms with Gasteiger partial charge in [-0.3, -0.25) is 4.79 Å². The highest BCUT2D eigenvalue weighted by atomic mass is 19.1. The number of rotatable bonds is 3. The number of hydrogen-bond donors (Lipinski definition) is 1. The minimum atomic E-state index is -1.27. The Labute approximate surface area is 116 Å². The van der Waals surface area contributed by atoms with Gasteiger partial charge < -0.3 is 14.7 Å². The summed E-state index contributed by atoms with van der Waals surface area (Å²) in [5.41, 5.74) is -1.41. The highest BCUT2D eigenvalue weighted by Gasteiger charge is 2.46. The van der Waals surface area contributed by atoms with E-state index in [1.165, 1.54) is 31.1 Å². The van der Waals surface area contributed by atoms with Crippen LogP contribution in [0.5, 0.6) is 5.75 Å². The van der Waals surface area contributed by atoms with Crippen LogP contribution in [0.25, 0.3) is 0 Å². The molecular weight excluding hydrogens is 265 g/mol. The van der Waals surface area contributed by atoms with Gasteiger partial charge in [-0.2, -0.15) is 0 Å². The maximum absolute atomic E-state index is 13.9. The van der Waals surface area contributed by atoms with Crippen molar-refractivity contribution in [1.82, 2.24) is 4.90 Å². The van der Waals surface area contributed by atoms with Gasteiger partial charge in [-0.1, -0.05) is 0 Å². The number of nitrogens with zero attached hydrogens (tertiary/aromatic N) is 1. The Morgan fingerprint density at radius 1 is 1.45 bits per heavy atom. The van der Waals surface area contributed by atoms with Crippen LogP contribution in [0.2, 0.25) is 0 Å². The quantitative estimate of drug-likeness (QED) is 0.919. The molecule has 0 radical (unpaired) electrons. The summed E-state index contributed by atoms with van der Waals surface area (Å²) in [4.78, 5) is 24.9. The lowest BCUT2D eigenvalue weighted by molar-refractivity contribution is -0.147. The van der Waals surface area contributed by atoms with Crippen LogP contribution in [-0.2, 0) is 4.79 Å². The molecule has 1 atom stereocenters. The maximum atomic E-state index is 13.9. The van der Waals surface area contributed by atoms with Crippen LogP contribution in [-0.4, -0.2) is 41.1 Å². The summed E-state index contributed by atoms with van der Waals surface area (Å²) >= 11 is 0. The molecule has 1 amide bonds. The number of carboxylic acid groups (broad SMARTS) is 1. The molecule has 1 heterocycles. The van der Waals surface area contributed by atoms with E-state index in [0.29, 0.717) is 25.1 Å². The summed E-state index contributed by atoms with van der Waals surface area (Å²) < 4.78 is 18.8. The first-order chi connectivity index (χ1) is 9.40. The van der Waals surface area contributed by atoms with Crippen molar-refractivity contribution in [2.45, 2.75) is 25.3 Å². The molecule has 1 N–H and O–H groups in total. The average molecular weight is 281 g/mol. The third-order valence-corrected chi connectivity index (χ3v) is 3.75. The minimum absolute atomic E-state index is 0.139. The average Bonchev–Trinajstić information content (AvgIpc) is 2.81. The van der Waals surface area contributed by atoms with Gasteiger partial charge in [-0.05, 0) is 31.9 Å². The number of carbonyl (C=O) groups excluding carboxylic acids is 1. The van der Waals surface area contributed by atoms with Crippen LogP contribution in [0, 0.1) is 5.82 Å². The SMILES string of the molecule is COc1ccc(C(=O)N2CCCC2(C)C(=O)O)c(F)c1. The van der Waals surface area contributed by atoms with Crippen LogP contribution in [0.3, 0.4) is 0 Å². The second-order valence-electron chi connectivity index (χ2n) is 4.99. The topological polar surface area (TPSA) is 66.8 Å². The van der Waals surface area contributed by atoms with Gasteiger partial charge in [0.05, 0.1) is 12.7 Å². The lowest BCUT2D eigenvalue weighted by Crippen LogP contribution is -2.50. The molecule has 2 rings (SSSR count). The summed E-state index contributed by atoms with van der Waals surface area (Å²) in [7, 11) is 1.40. The second kappa shape index (κ2) is 5.11. The van der Waals surface area contributed by atoms with Crippen molar-refractivity contribution in [3.63, 3.8) is 0 Å². The molecule has 0 aliphatic carbocycles. The number of benzene rings is 1. The van der Waals surface area contributed by atoms with Gasteiger partial charge in [-0.25, -0.2) is 9.18 Å². The number of hydrogen-bond acceptors (Lipinski definition) is 3. The Kier molecular flexibility index (Phi) is 3.65. The third-order valence-electron chi connectivity index (χ3n) is 3.75. The Bertz CT molecular complexity index is 560. The predicted octanol–water partition coefficient (Wildman–Crippen LogP) is 1.91. The van der Waals surface area contributed by atoms with Crippen LogP contribution in [0.15, 0.2) is 18.2 Å². The predicted molar refractivity (Wildman–Crippen MR) is 69.3 cm³/mol. The molecule has 0 bridgehead atoms. The number of amides is 1. The van der Waals surface area contributed by atoms with Crippen molar-refractivity contribution in [3.8, 4) is 5.75 Å². The lowest BCUT2D eigenvalue weighted by atomic mass is 9.98. The molecule has 1 unspecified atom stereocenters. The number of ether oxygens (including phenoxy) is 1. The van der Waals surface area contributed by atoms with E-state index in [0.717, 1.165) is 6.07 Å². The lowest BCUT2D eigenvalue weighted by Gasteiger charge is -2.31. The van der Waals surface area contributed by atoms with E-state index in [1.807, 2.05) is 0 Å². The number of carboxylic acids is 1. The number of aliphatic carboxylic acids is 1. The number of halogens is 1. The highest BCUT2D eigenvalue weighted by molar-refractivity contribution is 5.98. The Hall–Kier alpha value is -2.11. The summed E-state index contributed by atoms with van der Waals surface area (Å²) in [5, 5.41) is 9.28. The molecule has 5 nitrogen and oxygen atoms in total. The first kappa shape index (κ1) is 14.3. The molecule has 1 saturated heterocycles. The Balaban J connectivity index is 2.34. The van der Waals surface area contributed by atoms with E-state index in [2.05, 4.69) is 0 Å². The first-order valence-electron chi connectivity index (χ1n) is 6.29. The van der Waals surface area contributed by atoms with Crippen LogP contribution in [0.4, 0.5) is 4.39 Å². The summed E-state index contributed by atoms with van der Waals surface area (Å²) in [6.07, 6.45) is 0.957. The largest absolute Gasteiger partial charge is 0.497 e. The van der Waals surface area contributed by atoms with Crippen molar-refractivity contribution >= 4 is 11.9 Å². The molecule has 1 aromatic carbocycles. The summed E-state index contributed by atoms with van der Waals surface area (Å²) in [6, 6.07) is 3.91. The van der Waals surface area contributed by atoms with Crippen LogP contribution in [0.1, 0.15) is 30.1 Å². The van der Waals surface area contributed by atoms with E-state index in [9.17, 15) is 19.1 Å². The van der Waals surface area contributed by atoms with E-state index >= 15 is 0 Å². The molecule has 1 aliphatic rings. The fourth-order valence-electron chi connectivity index (χ4n) is 2.45. The van der Waals surface area contributed by atoms with Crippen molar-refractivity contribution < 1.29 is 23.8 Å². The van der Waals surface area contributed by atoms with Crippen molar-refractivity contribution in [3.05, 3.63) is 29.6 Å². The minimum Gasteiger partial charge on any atom is -0.497 e. The smallest absolute Gasteiger partial charge is 0.329 e. The van der Waals surface area contributed by atoms with Gasteiger partial charge >= 0.3 is 5.97 Å². The molecule has 20 heavy (non-hydrogen) atoms. The molecule has 108 valence electrons. The van der Waals surface area contributed by atoms with Crippen molar-refractivity contribution in [1.29, 1.82) is 0 Å². The van der Waals surface area contributed by atoms with Crippen molar-refractivity contribution in [2.75, 3.05) is 13.7 Å². The van der Waals surface area contributed by atoms with Crippen LogP contribution >= 0.6 is 0 Å². The van der Waals surface area contributed by atoms with Gasteiger partial charge in [0.25, 0.3) is 5.91 Å².